The van der Waals surface area contributed by atoms with Crippen LogP contribution in [0.15, 0.2) is 36.5 Å². The van der Waals surface area contributed by atoms with E-state index >= 15 is 0 Å². The second kappa shape index (κ2) is 4.75. The molecule has 15 heavy (non-hydrogen) atoms. The molecule has 2 rings (SSSR count). The smallest absolute Gasteiger partial charge is 0.0702 e. The van der Waals surface area contributed by atoms with Crippen LogP contribution in [0.4, 0.5) is 0 Å². The highest BCUT2D eigenvalue weighted by Gasteiger charge is 1.99. The molecule has 0 saturated carbocycles. The number of alkyl halides is 1. The number of halogens is 1. The molecule has 1 aromatic heterocycles. The maximum Gasteiger partial charge on any atom is 0.0702 e. The minimum absolute atomic E-state index is 0.585. The summed E-state index contributed by atoms with van der Waals surface area (Å²) >= 11 is 3.57. The fraction of sp³-hybridized carbons (Fsp3) is 0.308. The van der Waals surface area contributed by atoms with Crippen LogP contribution < -0.4 is 0 Å². The van der Waals surface area contributed by atoms with Crippen molar-refractivity contribution in [3.8, 4) is 0 Å². The molecule has 2 aromatic rings. The lowest BCUT2D eigenvalue weighted by atomic mass is 10.1. The average molecular weight is 264 g/mol. The van der Waals surface area contributed by atoms with Gasteiger partial charge in [0, 0.05) is 16.4 Å². The molecule has 1 aromatic carbocycles. The SMILES string of the molecule is CC(Br)CCc1ccc2ncccc2c1. The zero-order chi connectivity index (χ0) is 10.7. The number of benzene rings is 1. The molecular weight excluding hydrogens is 250 g/mol. The van der Waals surface area contributed by atoms with Crippen LogP contribution in [0.25, 0.3) is 10.9 Å². The number of aromatic nitrogens is 1. The fourth-order valence-corrected chi connectivity index (χ4v) is 1.88. The molecule has 78 valence electrons. The van der Waals surface area contributed by atoms with Gasteiger partial charge in [0.05, 0.1) is 5.52 Å². The number of fused-ring (bicyclic) bond motifs is 1. The topological polar surface area (TPSA) is 12.9 Å². The van der Waals surface area contributed by atoms with Gasteiger partial charge in [-0.05, 0) is 36.6 Å². The summed E-state index contributed by atoms with van der Waals surface area (Å²) in [7, 11) is 0. The summed E-state index contributed by atoms with van der Waals surface area (Å²) in [5, 5.41) is 1.23. The summed E-state index contributed by atoms with van der Waals surface area (Å²) in [6.45, 7) is 2.18. The van der Waals surface area contributed by atoms with Gasteiger partial charge in [-0.1, -0.05) is 35.0 Å². The Morgan fingerprint density at radius 3 is 3.00 bits per heavy atom. The summed E-state index contributed by atoms with van der Waals surface area (Å²) in [6.07, 6.45) is 4.13. The average Bonchev–Trinajstić information content (AvgIpc) is 2.26. The van der Waals surface area contributed by atoms with Crippen molar-refractivity contribution < 1.29 is 0 Å². The molecule has 0 amide bonds. The number of rotatable bonds is 3. The van der Waals surface area contributed by atoms with Crippen molar-refractivity contribution in [1.82, 2.24) is 4.98 Å². The van der Waals surface area contributed by atoms with Gasteiger partial charge in [0.1, 0.15) is 0 Å². The Bertz CT molecular complexity index is 451. The summed E-state index contributed by atoms with van der Waals surface area (Å²) in [6, 6.07) is 10.6. The molecule has 1 atom stereocenters. The van der Waals surface area contributed by atoms with Crippen LogP contribution in [0.1, 0.15) is 18.9 Å². The molecule has 0 aliphatic carbocycles. The number of pyridine rings is 1. The standard InChI is InChI=1S/C13H14BrN/c1-10(14)4-5-11-6-7-13-12(9-11)3-2-8-15-13/h2-3,6-10H,4-5H2,1H3. The van der Waals surface area contributed by atoms with E-state index in [0.717, 1.165) is 11.9 Å². The van der Waals surface area contributed by atoms with Gasteiger partial charge in [-0.3, -0.25) is 4.98 Å². The lowest BCUT2D eigenvalue weighted by molar-refractivity contribution is 0.823. The summed E-state index contributed by atoms with van der Waals surface area (Å²) < 4.78 is 0. The lowest BCUT2D eigenvalue weighted by Gasteiger charge is -2.04. The lowest BCUT2D eigenvalue weighted by Crippen LogP contribution is -1.94. The van der Waals surface area contributed by atoms with Gasteiger partial charge in [0.15, 0.2) is 0 Å². The number of nitrogens with zero attached hydrogens (tertiary/aromatic N) is 1. The Kier molecular flexibility index (Phi) is 3.37. The second-order valence-electron chi connectivity index (χ2n) is 3.85. The Morgan fingerprint density at radius 1 is 1.33 bits per heavy atom. The molecule has 0 bridgehead atoms. The van der Waals surface area contributed by atoms with E-state index in [9.17, 15) is 0 Å². The van der Waals surface area contributed by atoms with E-state index in [1.54, 1.807) is 0 Å². The van der Waals surface area contributed by atoms with Gasteiger partial charge >= 0.3 is 0 Å². The normalized spacial score (nSPS) is 12.9. The van der Waals surface area contributed by atoms with Crippen molar-refractivity contribution in [2.75, 3.05) is 0 Å². The van der Waals surface area contributed by atoms with Crippen LogP contribution in [-0.2, 0) is 6.42 Å². The first-order chi connectivity index (χ1) is 7.25. The Labute approximate surface area is 98.7 Å². The Hall–Kier alpha value is -0.890. The van der Waals surface area contributed by atoms with Gasteiger partial charge in [0.2, 0.25) is 0 Å². The zero-order valence-corrected chi connectivity index (χ0v) is 10.4. The van der Waals surface area contributed by atoms with Crippen LogP contribution >= 0.6 is 15.9 Å². The first-order valence-corrected chi connectivity index (χ1v) is 6.15. The number of hydrogen-bond acceptors (Lipinski definition) is 1. The summed E-state index contributed by atoms with van der Waals surface area (Å²) in [4.78, 5) is 4.89. The third-order valence-corrected chi connectivity index (χ3v) is 2.96. The molecule has 0 N–H and O–H groups in total. The molecule has 2 heteroatoms. The van der Waals surface area contributed by atoms with E-state index < -0.39 is 0 Å². The predicted molar refractivity (Wildman–Crippen MR) is 68.5 cm³/mol. The second-order valence-corrected chi connectivity index (χ2v) is 5.41. The van der Waals surface area contributed by atoms with Crippen molar-refractivity contribution in [2.24, 2.45) is 0 Å². The van der Waals surface area contributed by atoms with Crippen molar-refractivity contribution in [3.05, 3.63) is 42.1 Å². The van der Waals surface area contributed by atoms with Crippen LogP contribution in [0.5, 0.6) is 0 Å². The van der Waals surface area contributed by atoms with Crippen molar-refractivity contribution in [3.63, 3.8) is 0 Å². The molecule has 0 saturated heterocycles. The van der Waals surface area contributed by atoms with Gasteiger partial charge in [-0.2, -0.15) is 0 Å². The highest BCUT2D eigenvalue weighted by molar-refractivity contribution is 9.09. The van der Waals surface area contributed by atoms with Gasteiger partial charge in [-0.15, -0.1) is 0 Å². The van der Waals surface area contributed by atoms with Crippen LogP contribution in [0.3, 0.4) is 0 Å². The largest absolute Gasteiger partial charge is 0.256 e. The number of aryl methyl sites for hydroxylation is 1. The zero-order valence-electron chi connectivity index (χ0n) is 8.78. The third-order valence-electron chi connectivity index (χ3n) is 2.50. The minimum Gasteiger partial charge on any atom is -0.256 e. The van der Waals surface area contributed by atoms with Crippen LogP contribution in [0.2, 0.25) is 0 Å². The van der Waals surface area contributed by atoms with Crippen LogP contribution in [0, 0.1) is 0 Å². The molecule has 0 aliphatic heterocycles. The van der Waals surface area contributed by atoms with E-state index in [-0.39, 0.29) is 0 Å². The molecule has 0 radical (unpaired) electrons. The number of hydrogen-bond donors (Lipinski definition) is 0. The molecule has 0 fully saturated rings. The highest BCUT2D eigenvalue weighted by atomic mass is 79.9. The maximum absolute atomic E-state index is 4.31. The van der Waals surface area contributed by atoms with E-state index in [1.807, 2.05) is 12.3 Å². The predicted octanol–water partition coefficient (Wildman–Crippen LogP) is 3.95. The molecular formula is C13H14BrN. The van der Waals surface area contributed by atoms with Crippen molar-refractivity contribution in [2.45, 2.75) is 24.6 Å². The fourth-order valence-electron chi connectivity index (χ4n) is 1.65. The first kappa shape index (κ1) is 10.6. The molecule has 1 heterocycles. The monoisotopic (exact) mass is 263 g/mol. The highest BCUT2D eigenvalue weighted by Crippen LogP contribution is 2.16. The van der Waals surface area contributed by atoms with E-state index in [2.05, 4.69) is 52.1 Å². The molecule has 1 unspecified atom stereocenters. The molecule has 0 aliphatic rings. The Balaban J connectivity index is 2.23. The van der Waals surface area contributed by atoms with Crippen LogP contribution in [-0.4, -0.2) is 9.81 Å². The van der Waals surface area contributed by atoms with E-state index in [4.69, 9.17) is 0 Å². The summed E-state index contributed by atoms with van der Waals surface area (Å²) in [5.41, 5.74) is 2.47. The molecule has 0 spiro atoms. The van der Waals surface area contributed by atoms with E-state index in [1.165, 1.54) is 17.4 Å². The maximum atomic E-state index is 4.31. The van der Waals surface area contributed by atoms with E-state index in [0.29, 0.717) is 4.83 Å². The van der Waals surface area contributed by atoms with Crippen molar-refractivity contribution >= 4 is 26.8 Å². The quantitative estimate of drug-likeness (QED) is 0.765. The molecule has 1 nitrogen and oxygen atoms in total. The van der Waals surface area contributed by atoms with Crippen molar-refractivity contribution in [1.29, 1.82) is 0 Å². The van der Waals surface area contributed by atoms with Gasteiger partial charge < -0.3 is 0 Å². The summed E-state index contributed by atoms with van der Waals surface area (Å²) in [5.74, 6) is 0. The first-order valence-electron chi connectivity index (χ1n) is 5.23. The van der Waals surface area contributed by atoms with Gasteiger partial charge in [-0.25, -0.2) is 0 Å². The minimum atomic E-state index is 0.585. The van der Waals surface area contributed by atoms with Gasteiger partial charge in [0.25, 0.3) is 0 Å². The third kappa shape index (κ3) is 2.78. The Morgan fingerprint density at radius 2 is 2.20 bits per heavy atom.